The maximum Gasteiger partial charge on any atom is 0.226 e. The third-order valence-corrected chi connectivity index (χ3v) is 4.50. The molecule has 2 aromatic rings. The molecule has 4 nitrogen and oxygen atoms in total. The lowest BCUT2D eigenvalue weighted by molar-refractivity contribution is 0.664. The van der Waals surface area contributed by atoms with Gasteiger partial charge in [-0.2, -0.15) is 0 Å². The number of hydrogen-bond donors (Lipinski definition) is 1. The minimum absolute atomic E-state index is 0.328. The van der Waals surface area contributed by atoms with Crippen molar-refractivity contribution in [3.05, 3.63) is 40.5 Å². The Morgan fingerprint density at radius 2 is 2.10 bits per heavy atom. The van der Waals surface area contributed by atoms with Crippen molar-refractivity contribution in [1.29, 1.82) is 0 Å². The first-order valence-corrected chi connectivity index (χ1v) is 7.70. The van der Waals surface area contributed by atoms with E-state index in [0.717, 1.165) is 36.6 Å². The van der Waals surface area contributed by atoms with Crippen LogP contribution in [0.5, 0.6) is 0 Å². The first-order chi connectivity index (χ1) is 10.2. The zero-order valence-electron chi connectivity index (χ0n) is 11.5. The van der Waals surface area contributed by atoms with Gasteiger partial charge in [-0.05, 0) is 31.0 Å². The summed E-state index contributed by atoms with van der Waals surface area (Å²) in [6, 6.07) is 7.70. The van der Waals surface area contributed by atoms with Gasteiger partial charge in [0.25, 0.3) is 0 Å². The van der Waals surface area contributed by atoms with Gasteiger partial charge in [0.2, 0.25) is 5.95 Å². The average molecular weight is 323 g/mol. The Morgan fingerprint density at radius 1 is 1.24 bits per heavy atom. The predicted molar refractivity (Wildman–Crippen MR) is 86.9 cm³/mol. The van der Waals surface area contributed by atoms with Crippen LogP contribution >= 0.6 is 23.2 Å². The fraction of sp³-hybridized carbons (Fsp3) is 0.333. The van der Waals surface area contributed by atoms with Gasteiger partial charge in [0, 0.05) is 30.9 Å². The van der Waals surface area contributed by atoms with E-state index in [1.165, 1.54) is 0 Å². The molecule has 0 saturated carbocycles. The highest BCUT2D eigenvalue weighted by atomic mass is 35.5. The van der Waals surface area contributed by atoms with Gasteiger partial charge in [0.15, 0.2) is 0 Å². The van der Waals surface area contributed by atoms with E-state index in [-0.39, 0.29) is 0 Å². The number of benzene rings is 1. The molecular weight excluding hydrogens is 307 g/mol. The van der Waals surface area contributed by atoms with Gasteiger partial charge < -0.3 is 10.6 Å². The Kier molecular flexibility index (Phi) is 4.29. The number of nitrogens with zero attached hydrogens (tertiary/aromatic N) is 3. The fourth-order valence-electron chi connectivity index (χ4n) is 2.65. The Hall–Kier alpha value is -1.36. The molecule has 1 aromatic heterocycles. The zero-order valence-corrected chi connectivity index (χ0v) is 13.0. The number of anilines is 1. The molecule has 1 aliphatic heterocycles. The molecule has 0 aliphatic carbocycles. The summed E-state index contributed by atoms with van der Waals surface area (Å²) in [7, 11) is 0. The van der Waals surface area contributed by atoms with Crippen LogP contribution in [0.3, 0.4) is 0 Å². The molecule has 6 heteroatoms. The maximum absolute atomic E-state index is 6.07. The molecule has 1 atom stereocenters. The molecule has 0 radical (unpaired) electrons. The van der Waals surface area contributed by atoms with E-state index >= 15 is 0 Å². The monoisotopic (exact) mass is 322 g/mol. The minimum Gasteiger partial charge on any atom is -0.337 e. The molecule has 0 bridgehead atoms. The summed E-state index contributed by atoms with van der Waals surface area (Å²) < 4.78 is 0. The van der Waals surface area contributed by atoms with Crippen LogP contribution in [0.1, 0.15) is 12.8 Å². The number of rotatable bonds is 3. The second-order valence-corrected chi connectivity index (χ2v) is 5.91. The van der Waals surface area contributed by atoms with Crippen LogP contribution in [0.2, 0.25) is 10.0 Å². The highest BCUT2D eigenvalue weighted by Crippen LogP contribution is 2.29. The van der Waals surface area contributed by atoms with Crippen molar-refractivity contribution in [2.24, 2.45) is 5.73 Å². The van der Waals surface area contributed by atoms with Crippen molar-refractivity contribution in [2.75, 3.05) is 18.0 Å². The molecule has 21 heavy (non-hydrogen) atoms. The first kappa shape index (κ1) is 14.6. The third-order valence-electron chi connectivity index (χ3n) is 3.76. The molecule has 1 fully saturated rings. The summed E-state index contributed by atoms with van der Waals surface area (Å²) >= 11 is 12.0. The fourth-order valence-corrected chi connectivity index (χ4v) is 2.95. The van der Waals surface area contributed by atoms with Crippen LogP contribution in [0, 0.1) is 0 Å². The van der Waals surface area contributed by atoms with Crippen molar-refractivity contribution in [1.82, 2.24) is 9.97 Å². The normalized spacial score (nSPS) is 18.2. The Labute approximate surface area is 133 Å². The molecule has 3 rings (SSSR count). The summed E-state index contributed by atoms with van der Waals surface area (Å²) in [5.74, 6) is 0.728. The standard InChI is InChI=1S/C15H16Cl2N4/c16-12-4-3-10(8-13(12)17)14-5-6-19-15(20-14)21-7-1-2-11(21)9-18/h3-6,8,11H,1-2,7,9,18H2. The van der Waals surface area contributed by atoms with Crippen LogP contribution in [0.4, 0.5) is 5.95 Å². The van der Waals surface area contributed by atoms with Gasteiger partial charge in [-0.1, -0.05) is 29.3 Å². The van der Waals surface area contributed by atoms with Gasteiger partial charge in [0.1, 0.15) is 0 Å². The van der Waals surface area contributed by atoms with Crippen LogP contribution < -0.4 is 10.6 Å². The summed E-state index contributed by atoms with van der Waals surface area (Å²) in [6.45, 7) is 1.58. The van der Waals surface area contributed by atoms with Crippen molar-refractivity contribution in [3.8, 4) is 11.3 Å². The van der Waals surface area contributed by atoms with Crippen molar-refractivity contribution in [3.63, 3.8) is 0 Å². The highest BCUT2D eigenvalue weighted by molar-refractivity contribution is 6.42. The van der Waals surface area contributed by atoms with Crippen LogP contribution in [-0.2, 0) is 0 Å². The molecule has 0 amide bonds. The molecule has 2 heterocycles. The van der Waals surface area contributed by atoms with E-state index in [4.69, 9.17) is 28.9 Å². The first-order valence-electron chi connectivity index (χ1n) is 6.94. The third kappa shape index (κ3) is 2.98. The lowest BCUT2D eigenvalue weighted by Crippen LogP contribution is -2.36. The van der Waals surface area contributed by atoms with Gasteiger partial charge in [-0.15, -0.1) is 0 Å². The summed E-state index contributed by atoms with van der Waals surface area (Å²) in [5.41, 5.74) is 7.58. The molecule has 2 N–H and O–H groups in total. The van der Waals surface area contributed by atoms with Crippen LogP contribution in [0.25, 0.3) is 11.3 Å². The highest BCUT2D eigenvalue weighted by Gasteiger charge is 2.25. The lowest BCUT2D eigenvalue weighted by atomic mass is 10.1. The molecule has 1 aromatic carbocycles. The quantitative estimate of drug-likeness (QED) is 0.941. The average Bonchev–Trinajstić information content (AvgIpc) is 2.99. The Bertz CT molecular complexity index is 647. The van der Waals surface area contributed by atoms with E-state index in [2.05, 4.69) is 14.9 Å². The summed E-state index contributed by atoms with van der Waals surface area (Å²) in [6.07, 6.45) is 3.99. The molecule has 110 valence electrons. The van der Waals surface area contributed by atoms with E-state index in [1.807, 2.05) is 18.2 Å². The second-order valence-electron chi connectivity index (χ2n) is 5.10. The van der Waals surface area contributed by atoms with Gasteiger partial charge in [-0.25, -0.2) is 9.97 Å². The molecule has 1 saturated heterocycles. The molecule has 0 spiro atoms. The lowest BCUT2D eigenvalue weighted by Gasteiger charge is -2.23. The SMILES string of the molecule is NCC1CCCN1c1nccc(-c2ccc(Cl)c(Cl)c2)n1. The number of nitrogens with two attached hydrogens (primary N) is 1. The zero-order chi connectivity index (χ0) is 14.8. The largest absolute Gasteiger partial charge is 0.337 e. The van der Waals surface area contributed by atoms with E-state index in [9.17, 15) is 0 Å². The minimum atomic E-state index is 0.328. The van der Waals surface area contributed by atoms with E-state index in [0.29, 0.717) is 22.6 Å². The number of hydrogen-bond acceptors (Lipinski definition) is 4. The number of aromatic nitrogens is 2. The van der Waals surface area contributed by atoms with Crippen LogP contribution in [-0.4, -0.2) is 29.1 Å². The van der Waals surface area contributed by atoms with Crippen molar-refractivity contribution < 1.29 is 0 Å². The Morgan fingerprint density at radius 3 is 2.86 bits per heavy atom. The van der Waals surface area contributed by atoms with Gasteiger partial charge in [-0.3, -0.25) is 0 Å². The number of halogens is 2. The van der Waals surface area contributed by atoms with Crippen molar-refractivity contribution >= 4 is 29.2 Å². The van der Waals surface area contributed by atoms with E-state index < -0.39 is 0 Å². The second kappa shape index (κ2) is 6.18. The molecule has 1 aliphatic rings. The summed E-state index contributed by atoms with van der Waals surface area (Å²) in [4.78, 5) is 11.2. The Balaban J connectivity index is 1.94. The maximum atomic E-state index is 6.07. The topological polar surface area (TPSA) is 55.0 Å². The molecule has 1 unspecified atom stereocenters. The van der Waals surface area contributed by atoms with Gasteiger partial charge in [0.05, 0.1) is 15.7 Å². The van der Waals surface area contributed by atoms with Crippen LogP contribution in [0.15, 0.2) is 30.5 Å². The predicted octanol–water partition coefficient (Wildman–Crippen LogP) is 3.38. The summed E-state index contributed by atoms with van der Waals surface area (Å²) in [5, 5.41) is 1.06. The molecular formula is C15H16Cl2N4. The van der Waals surface area contributed by atoms with Crippen molar-refractivity contribution in [2.45, 2.75) is 18.9 Å². The van der Waals surface area contributed by atoms with Gasteiger partial charge >= 0.3 is 0 Å². The van der Waals surface area contributed by atoms with E-state index in [1.54, 1.807) is 12.3 Å². The smallest absolute Gasteiger partial charge is 0.226 e.